The van der Waals surface area contributed by atoms with E-state index in [9.17, 15) is 0 Å². The van der Waals surface area contributed by atoms with Crippen LogP contribution in [0.4, 0.5) is 5.82 Å². The summed E-state index contributed by atoms with van der Waals surface area (Å²) in [6, 6.07) is 0. The number of aromatic nitrogens is 2. The molecule has 5 heteroatoms. The highest BCUT2D eigenvalue weighted by Gasteiger charge is 2.17. The van der Waals surface area contributed by atoms with Gasteiger partial charge >= 0.3 is 0 Å². The van der Waals surface area contributed by atoms with Crippen LogP contribution in [0.25, 0.3) is 0 Å². The first kappa shape index (κ1) is 14.0. The molecule has 0 atom stereocenters. The Morgan fingerprint density at radius 1 is 1.41 bits per heavy atom. The van der Waals surface area contributed by atoms with Crippen molar-refractivity contribution in [3.63, 3.8) is 0 Å². The van der Waals surface area contributed by atoms with Gasteiger partial charge in [0.1, 0.15) is 12.1 Å². The highest BCUT2D eigenvalue weighted by atomic mass is 35.5. The fourth-order valence-corrected chi connectivity index (χ4v) is 1.36. The summed E-state index contributed by atoms with van der Waals surface area (Å²) in [6.45, 7) is 9.45. The summed E-state index contributed by atoms with van der Waals surface area (Å²) < 4.78 is 5.42. The van der Waals surface area contributed by atoms with Crippen LogP contribution in [0.15, 0.2) is 6.33 Å². The fourth-order valence-electron chi connectivity index (χ4n) is 1.26. The Kier molecular flexibility index (Phi) is 5.00. The number of anilines is 1. The molecule has 1 aromatic heterocycles. The van der Waals surface area contributed by atoms with Crippen molar-refractivity contribution in [2.45, 2.75) is 27.7 Å². The molecule has 1 heterocycles. The van der Waals surface area contributed by atoms with Crippen molar-refractivity contribution in [3.8, 4) is 5.88 Å². The molecule has 0 unspecified atom stereocenters. The van der Waals surface area contributed by atoms with E-state index < -0.39 is 0 Å². The molecule has 96 valence electrons. The van der Waals surface area contributed by atoms with E-state index in [2.05, 4.69) is 29.1 Å². The van der Waals surface area contributed by atoms with E-state index >= 15 is 0 Å². The van der Waals surface area contributed by atoms with Gasteiger partial charge in [-0.05, 0) is 19.3 Å². The summed E-state index contributed by atoms with van der Waals surface area (Å²) in [6.07, 6.45) is 1.51. The van der Waals surface area contributed by atoms with E-state index in [1.54, 1.807) is 0 Å². The summed E-state index contributed by atoms with van der Waals surface area (Å²) in [5.41, 5.74) is 0.963. The van der Waals surface area contributed by atoms with Gasteiger partial charge in [-0.15, -0.1) is 11.6 Å². The molecule has 0 aliphatic heterocycles. The van der Waals surface area contributed by atoms with Crippen LogP contribution in [0.1, 0.15) is 26.3 Å². The number of ether oxygens (including phenoxy) is 1. The minimum absolute atomic E-state index is 0.0325. The molecule has 0 aliphatic rings. The topological polar surface area (TPSA) is 47.0 Å². The van der Waals surface area contributed by atoms with E-state index in [1.807, 2.05) is 13.8 Å². The number of hydrogen-bond acceptors (Lipinski definition) is 4. The predicted octanol–water partition coefficient (Wildman–Crippen LogP) is 2.86. The van der Waals surface area contributed by atoms with Crippen molar-refractivity contribution in [2.24, 2.45) is 5.41 Å². The molecule has 0 fully saturated rings. The summed E-state index contributed by atoms with van der Waals surface area (Å²) in [4.78, 5) is 8.31. The molecule has 0 bridgehead atoms. The summed E-state index contributed by atoms with van der Waals surface area (Å²) in [7, 11) is 0. The molecule has 0 saturated carbocycles. The minimum Gasteiger partial charge on any atom is -0.478 e. The van der Waals surface area contributed by atoms with Gasteiger partial charge in [-0.25, -0.2) is 9.97 Å². The van der Waals surface area contributed by atoms with Crippen LogP contribution in [0.2, 0.25) is 0 Å². The van der Waals surface area contributed by atoms with Crippen molar-refractivity contribution < 1.29 is 4.74 Å². The molecule has 0 aliphatic carbocycles. The maximum Gasteiger partial charge on any atom is 0.221 e. The summed E-state index contributed by atoms with van der Waals surface area (Å²) in [5.74, 6) is 2.04. The Hall–Kier alpha value is -1.03. The Morgan fingerprint density at radius 2 is 2.12 bits per heavy atom. The van der Waals surface area contributed by atoms with E-state index in [4.69, 9.17) is 16.3 Å². The molecule has 0 amide bonds. The standard InChI is InChI=1S/C12H20ClN3O/c1-5-17-11-9(2)10(15-8-16-11)14-7-12(3,4)6-13/h8H,5-7H2,1-4H3,(H,14,15,16). The Balaban J connectivity index is 2.75. The van der Waals surface area contributed by atoms with Crippen LogP contribution in [0.3, 0.4) is 0 Å². The number of nitrogens with one attached hydrogen (secondary N) is 1. The van der Waals surface area contributed by atoms with Crippen LogP contribution in [-0.2, 0) is 0 Å². The van der Waals surface area contributed by atoms with Gasteiger partial charge in [0, 0.05) is 12.4 Å². The Bertz CT molecular complexity index is 369. The maximum absolute atomic E-state index is 5.88. The third-order valence-electron chi connectivity index (χ3n) is 2.42. The monoisotopic (exact) mass is 257 g/mol. The van der Waals surface area contributed by atoms with Gasteiger partial charge in [0.25, 0.3) is 0 Å². The highest BCUT2D eigenvalue weighted by Crippen LogP contribution is 2.23. The lowest BCUT2D eigenvalue weighted by Gasteiger charge is -2.22. The Labute approximate surface area is 108 Å². The van der Waals surface area contributed by atoms with Crippen molar-refractivity contribution in [1.82, 2.24) is 9.97 Å². The zero-order chi connectivity index (χ0) is 12.9. The molecular weight excluding hydrogens is 238 g/mol. The van der Waals surface area contributed by atoms with Crippen LogP contribution in [-0.4, -0.2) is 29.0 Å². The SMILES string of the molecule is CCOc1ncnc(NCC(C)(C)CCl)c1C. The molecule has 0 saturated heterocycles. The number of nitrogens with zero attached hydrogens (tertiary/aromatic N) is 2. The number of alkyl halides is 1. The van der Waals surface area contributed by atoms with Gasteiger partial charge < -0.3 is 10.1 Å². The molecule has 0 radical (unpaired) electrons. The van der Waals surface area contributed by atoms with Crippen molar-refractivity contribution in [2.75, 3.05) is 24.3 Å². The molecule has 1 aromatic rings. The van der Waals surface area contributed by atoms with Crippen LogP contribution in [0.5, 0.6) is 5.88 Å². The highest BCUT2D eigenvalue weighted by molar-refractivity contribution is 6.18. The zero-order valence-electron chi connectivity index (χ0n) is 10.9. The third kappa shape index (κ3) is 4.04. The van der Waals surface area contributed by atoms with Gasteiger partial charge in [-0.2, -0.15) is 0 Å². The lowest BCUT2D eigenvalue weighted by molar-refractivity contribution is 0.323. The average Bonchev–Trinajstić information content (AvgIpc) is 2.31. The molecule has 17 heavy (non-hydrogen) atoms. The quantitative estimate of drug-likeness (QED) is 0.796. The number of hydrogen-bond donors (Lipinski definition) is 1. The largest absolute Gasteiger partial charge is 0.478 e. The lowest BCUT2D eigenvalue weighted by atomic mass is 9.96. The van der Waals surface area contributed by atoms with Crippen molar-refractivity contribution in [1.29, 1.82) is 0 Å². The van der Waals surface area contributed by atoms with Crippen LogP contribution in [0, 0.1) is 12.3 Å². The number of halogens is 1. The van der Waals surface area contributed by atoms with Gasteiger partial charge in [0.05, 0.1) is 12.2 Å². The second-order valence-electron chi connectivity index (χ2n) is 4.74. The van der Waals surface area contributed by atoms with Gasteiger partial charge in [0.15, 0.2) is 0 Å². The molecular formula is C12H20ClN3O. The lowest BCUT2D eigenvalue weighted by Crippen LogP contribution is -2.25. The fraction of sp³-hybridized carbons (Fsp3) is 0.667. The molecule has 1 N–H and O–H groups in total. The summed E-state index contributed by atoms with van der Waals surface area (Å²) >= 11 is 5.88. The van der Waals surface area contributed by atoms with E-state index in [1.165, 1.54) is 6.33 Å². The molecule has 0 aromatic carbocycles. The van der Waals surface area contributed by atoms with Crippen LogP contribution < -0.4 is 10.1 Å². The van der Waals surface area contributed by atoms with E-state index in [0.717, 1.165) is 17.9 Å². The maximum atomic E-state index is 5.88. The van der Waals surface area contributed by atoms with Gasteiger partial charge in [0.2, 0.25) is 5.88 Å². The van der Waals surface area contributed by atoms with E-state index in [-0.39, 0.29) is 5.41 Å². The normalized spacial score (nSPS) is 11.4. The van der Waals surface area contributed by atoms with Gasteiger partial charge in [-0.3, -0.25) is 0 Å². The molecule has 4 nitrogen and oxygen atoms in total. The second kappa shape index (κ2) is 6.05. The minimum atomic E-state index is 0.0325. The third-order valence-corrected chi connectivity index (χ3v) is 3.14. The first-order chi connectivity index (χ1) is 8.00. The molecule has 0 spiro atoms. The molecule has 1 rings (SSSR count). The average molecular weight is 258 g/mol. The first-order valence-corrected chi connectivity index (χ1v) is 6.28. The van der Waals surface area contributed by atoms with Crippen molar-refractivity contribution >= 4 is 17.4 Å². The number of rotatable bonds is 6. The van der Waals surface area contributed by atoms with Crippen molar-refractivity contribution in [3.05, 3.63) is 11.9 Å². The summed E-state index contributed by atoms with van der Waals surface area (Å²) in [5, 5.41) is 3.29. The zero-order valence-corrected chi connectivity index (χ0v) is 11.6. The van der Waals surface area contributed by atoms with Gasteiger partial charge in [-0.1, -0.05) is 13.8 Å². The second-order valence-corrected chi connectivity index (χ2v) is 5.00. The predicted molar refractivity (Wildman–Crippen MR) is 70.9 cm³/mol. The smallest absolute Gasteiger partial charge is 0.221 e. The van der Waals surface area contributed by atoms with E-state index in [0.29, 0.717) is 18.4 Å². The van der Waals surface area contributed by atoms with Crippen LogP contribution >= 0.6 is 11.6 Å². The Morgan fingerprint density at radius 3 is 2.71 bits per heavy atom. The first-order valence-electron chi connectivity index (χ1n) is 5.74.